The number of amides is 1. The third kappa shape index (κ3) is 4.46. The van der Waals surface area contributed by atoms with Crippen molar-refractivity contribution in [3.63, 3.8) is 0 Å². The topological polar surface area (TPSA) is 51.3 Å². The fourth-order valence-electron chi connectivity index (χ4n) is 4.36. The van der Waals surface area contributed by atoms with Gasteiger partial charge < -0.3 is 15.2 Å². The molecule has 1 fully saturated rings. The maximum atomic E-state index is 13.5. The highest BCUT2D eigenvalue weighted by Crippen LogP contribution is 2.34. The first-order valence-electron chi connectivity index (χ1n) is 10.5. The first-order valence-corrected chi connectivity index (χ1v) is 10.5. The lowest BCUT2D eigenvalue weighted by atomic mass is 9.97. The number of likely N-dealkylation sites (tertiary alicyclic amines) is 1. The molecule has 152 valence electrons. The number of halogens is 1. The predicted octanol–water partition coefficient (Wildman–Crippen LogP) is 4.53. The minimum absolute atomic E-state index is 0.277. The maximum Gasteiger partial charge on any atom is 0.251 e. The van der Waals surface area contributed by atoms with Gasteiger partial charge in [-0.15, -0.1) is 0 Å². The summed E-state index contributed by atoms with van der Waals surface area (Å²) in [5.41, 5.74) is 10.2. The Labute approximate surface area is 167 Å². The van der Waals surface area contributed by atoms with Crippen molar-refractivity contribution in [2.75, 3.05) is 19.6 Å². The van der Waals surface area contributed by atoms with E-state index in [4.69, 9.17) is 5.73 Å². The summed E-state index contributed by atoms with van der Waals surface area (Å²) in [6, 6.07) is 6.40. The lowest BCUT2D eigenvalue weighted by molar-refractivity contribution is 0.1000. The van der Waals surface area contributed by atoms with Gasteiger partial charge in [0.1, 0.15) is 5.82 Å². The number of carbonyl (C=O) groups is 1. The van der Waals surface area contributed by atoms with Crippen LogP contribution < -0.4 is 5.73 Å². The molecule has 0 atom stereocenters. The van der Waals surface area contributed by atoms with Crippen molar-refractivity contribution in [3.05, 3.63) is 47.0 Å². The summed E-state index contributed by atoms with van der Waals surface area (Å²) in [4.78, 5) is 14.9. The van der Waals surface area contributed by atoms with Crippen molar-refractivity contribution in [1.29, 1.82) is 0 Å². The Bertz CT molecular complexity index is 804. The lowest BCUT2D eigenvalue weighted by Gasteiger charge is -2.27. The highest BCUT2D eigenvalue weighted by Gasteiger charge is 2.25. The van der Waals surface area contributed by atoms with Crippen LogP contribution in [0.15, 0.2) is 24.3 Å². The number of hydrogen-bond acceptors (Lipinski definition) is 2. The van der Waals surface area contributed by atoms with Crippen LogP contribution in [-0.2, 0) is 13.0 Å². The molecule has 0 bridgehead atoms. The van der Waals surface area contributed by atoms with E-state index in [0.717, 1.165) is 68.0 Å². The van der Waals surface area contributed by atoms with Gasteiger partial charge in [0.05, 0.1) is 5.56 Å². The molecule has 1 amide bonds. The highest BCUT2D eigenvalue weighted by molar-refractivity contribution is 6.02. The number of nitrogens with zero attached hydrogens (tertiary/aromatic N) is 2. The van der Waals surface area contributed by atoms with Gasteiger partial charge in [0.15, 0.2) is 0 Å². The van der Waals surface area contributed by atoms with Gasteiger partial charge in [0.25, 0.3) is 5.91 Å². The van der Waals surface area contributed by atoms with Crippen molar-refractivity contribution < 1.29 is 9.18 Å². The molecule has 5 heteroatoms. The second-order valence-corrected chi connectivity index (χ2v) is 7.81. The molecule has 2 aromatic rings. The second kappa shape index (κ2) is 9.37. The van der Waals surface area contributed by atoms with Crippen LogP contribution in [0.4, 0.5) is 4.39 Å². The summed E-state index contributed by atoms with van der Waals surface area (Å²) in [6.07, 6.45) is 6.85. The van der Waals surface area contributed by atoms with Crippen molar-refractivity contribution in [2.45, 2.75) is 58.9 Å². The summed E-state index contributed by atoms with van der Waals surface area (Å²) >= 11 is 0. The number of hydrogen-bond donors (Lipinski definition) is 1. The van der Waals surface area contributed by atoms with E-state index in [2.05, 4.69) is 16.4 Å². The van der Waals surface area contributed by atoms with Crippen molar-refractivity contribution in [2.24, 2.45) is 5.73 Å². The van der Waals surface area contributed by atoms with Crippen LogP contribution in [0.25, 0.3) is 11.1 Å². The molecular weight excluding hydrogens is 353 g/mol. The van der Waals surface area contributed by atoms with Gasteiger partial charge in [-0.05, 0) is 63.4 Å². The maximum absolute atomic E-state index is 13.5. The van der Waals surface area contributed by atoms with E-state index < -0.39 is 5.91 Å². The van der Waals surface area contributed by atoms with Crippen LogP contribution in [-0.4, -0.2) is 35.0 Å². The molecule has 1 aromatic heterocycles. The van der Waals surface area contributed by atoms with Crippen LogP contribution in [0, 0.1) is 12.7 Å². The Balaban J connectivity index is 2.02. The van der Waals surface area contributed by atoms with Crippen LogP contribution in [0.3, 0.4) is 0 Å². The zero-order valence-electron chi connectivity index (χ0n) is 17.1. The average Bonchev–Trinajstić information content (AvgIpc) is 2.97. The normalized spacial score (nSPS) is 15.1. The van der Waals surface area contributed by atoms with Gasteiger partial charge in [-0.3, -0.25) is 4.79 Å². The molecule has 0 saturated carbocycles. The molecule has 2 heterocycles. The van der Waals surface area contributed by atoms with E-state index in [9.17, 15) is 9.18 Å². The molecule has 4 nitrogen and oxygen atoms in total. The lowest BCUT2D eigenvalue weighted by Crippen LogP contribution is -2.33. The van der Waals surface area contributed by atoms with Gasteiger partial charge in [-0.2, -0.15) is 0 Å². The Morgan fingerprint density at radius 2 is 1.79 bits per heavy atom. The van der Waals surface area contributed by atoms with Crippen LogP contribution >= 0.6 is 0 Å². The number of unbranched alkanes of at least 4 members (excludes halogenated alkanes) is 1. The van der Waals surface area contributed by atoms with E-state index in [1.807, 2.05) is 6.92 Å². The number of nitrogens with two attached hydrogens (primary N) is 1. The van der Waals surface area contributed by atoms with Crippen molar-refractivity contribution in [3.8, 4) is 11.1 Å². The molecule has 0 aliphatic carbocycles. The zero-order chi connectivity index (χ0) is 20.1. The van der Waals surface area contributed by atoms with Crippen molar-refractivity contribution >= 4 is 5.91 Å². The quantitative estimate of drug-likeness (QED) is 0.726. The molecule has 3 rings (SSSR count). The number of primary amides is 1. The summed E-state index contributed by atoms with van der Waals surface area (Å²) in [5, 5.41) is 0. The van der Waals surface area contributed by atoms with Gasteiger partial charge >= 0.3 is 0 Å². The monoisotopic (exact) mass is 385 g/mol. The zero-order valence-corrected chi connectivity index (χ0v) is 17.1. The van der Waals surface area contributed by atoms with Crippen LogP contribution in [0.1, 0.15) is 60.8 Å². The first kappa shape index (κ1) is 20.6. The van der Waals surface area contributed by atoms with E-state index in [-0.39, 0.29) is 5.82 Å². The molecule has 1 aromatic carbocycles. The molecule has 1 saturated heterocycles. The molecule has 0 unspecified atom stereocenters. The molecule has 28 heavy (non-hydrogen) atoms. The van der Waals surface area contributed by atoms with E-state index in [1.54, 1.807) is 12.1 Å². The minimum atomic E-state index is -0.411. The second-order valence-electron chi connectivity index (χ2n) is 7.81. The number of aromatic nitrogens is 1. The summed E-state index contributed by atoms with van der Waals surface area (Å²) in [7, 11) is 0. The van der Waals surface area contributed by atoms with E-state index in [1.165, 1.54) is 31.4 Å². The molecule has 0 radical (unpaired) electrons. The standard InChI is InChI=1S/C23H32FN3O/c1-3-4-8-20-22(18-9-11-19(24)12-10-18)21(23(25)28)17(2)27(20)16-15-26-13-6-5-7-14-26/h9-12H,3-8,13-16H2,1-2H3,(H2,25,28). The largest absolute Gasteiger partial charge is 0.366 e. The van der Waals surface area contributed by atoms with E-state index >= 15 is 0 Å². The van der Waals surface area contributed by atoms with E-state index in [0.29, 0.717) is 5.56 Å². The third-order valence-corrected chi connectivity index (χ3v) is 5.87. The Hall–Kier alpha value is -2.14. The van der Waals surface area contributed by atoms with Gasteiger partial charge in [0, 0.05) is 30.0 Å². The van der Waals surface area contributed by atoms with Gasteiger partial charge in [0.2, 0.25) is 0 Å². The number of benzene rings is 1. The van der Waals surface area contributed by atoms with Gasteiger partial charge in [-0.1, -0.05) is 31.9 Å². The summed E-state index contributed by atoms with van der Waals surface area (Å²) in [6.45, 7) is 8.29. The first-order chi connectivity index (χ1) is 13.5. The summed E-state index contributed by atoms with van der Waals surface area (Å²) < 4.78 is 15.8. The number of piperidine rings is 1. The predicted molar refractivity (Wildman–Crippen MR) is 112 cm³/mol. The molecule has 0 spiro atoms. The fraction of sp³-hybridized carbons (Fsp3) is 0.522. The van der Waals surface area contributed by atoms with Crippen molar-refractivity contribution in [1.82, 2.24) is 9.47 Å². The van der Waals surface area contributed by atoms with Gasteiger partial charge in [-0.25, -0.2) is 4.39 Å². The number of carbonyl (C=O) groups excluding carboxylic acids is 1. The Morgan fingerprint density at radius 3 is 2.39 bits per heavy atom. The Morgan fingerprint density at radius 1 is 1.11 bits per heavy atom. The minimum Gasteiger partial charge on any atom is -0.366 e. The molecular formula is C23H32FN3O. The SMILES string of the molecule is CCCCc1c(-c2ccc(F)cc2)c(C(N)=O)c(C)n1CCN1CCCCC1. The fourth-order valence-corrected chi connectivity index (χ4v) is 4.36. The molecule has 1 aliphatic heterocycles. The highest BCUT2D eigenvalue weighted by atomic mass is 19.1. The van der Waals surface area contributed by atoms with Crippen LogP contribution in [0.5, 0.6) is 0 Å². The summed E-state index contributed by atoms with van der Waals surface area (Å²) in [5.74, 6) is -0.688. The molecule has 1 aliphatic rings. The number of rotatable bonds is 8. The van der Waals surface area contributed by atoms with Crippen LogP contribution in [0.2, 0.25) is 0 Å². The average molecular weight is 386 g/mol. The smallest absolute Gasteiger partial charge is 0.251 e. The molecule has 2 N–H and O–H groups in total. The Kier molecular flexibility index (Phi) is 6.89. The third-order valence-electron chi connectivity index (χ3n) is 5.87.